The van der Waals surface area contributed by atoms with Crippen LogP contribution in [0.2, 0.25) is 13.6 Å². The van der Waals surface area contributed by atoms with Crippen molar-refractivity contribution in [2.24, 2.45) is 0 Å². The Morgan fingerprint density at radius 2 is 0.220 bits per heavy atom. The van der Waals surface area contributed by atoms with Crippen molar-refractivity contribution in [3.8, 4) is 0 Å². The van der Waals surface area contributed by atoms with Crippen molar-refractivity contribution in [3.63, 3.8) is 0 Å². The molecule has 0 heterocycles. The molecule has 36 radical (unpaired) electrons. The molecule has 0 aromatic carbocycles. The average molecular weight is 2530 g/mol. The Morgan fingerprint density at radius 1 is 0.220 bits per heavy atom. The van der Waals surface area contributed by atoms with E-state index in [1.165, 1.54) is 0 Å². The van der Waals surface area contributed by atoms with Crippen molar-refractivity contribution >= 4 is 24.1 Å². The Kier molecular flexibility index (Phi) is 2660. The normalized spacial score (nSPS) is 0.732. The van der Waals surface area contributed by atoms with Gasteiger partial charge in [-0.15, -0.1) is 0 Å². The molecule has 0 amide bonds. The van der Waals surface area contributed by atoms with E-state index in [0.29, 0.717) is 0 Å². The van der Waals surface area contributed by atoms with Crippen LogP contribution in [0.5, 0.6) is 0 Å². The van der Waals surface area contributed by atoms with Crippen LogP contribution >= 0.6 is 0 Å². The molecule has 0 fully saturated rings. The summed E-state index contributed by atoms with van der Waals surface area (Å²) in [7, 11) is 2.00. The maximum Gasteiger partial charge on any atom is 0 e. The summed E-state index contributed by atoms with van der Waals surface area (Å²) in [6.07, 6.45) is 0. The largest absolute Gasteiger partial charge is 1.00 e. The molecule has 180 valence electrons. The third-order valence-corrected chi connectivity index (χ3v) is 0. The molecule has 0 saturated heterocycles. The molecule has 0 aromatic heterocycles. The molecule has 0 saturated carbocycles. The zero-order valence-corrected chi connectivity index (χ0v) is 101. The van der Waals surface area contributed by atoms with E-state index in [1.54, 1.807) is 0 Å². The van der Waals surface area contributed by atoms with Gasteiger partial charge >= 0.3 is 0 Å². The first-order valence-electron chi connectivity index (χ1n) is 3.15. The first-order valence-corrected chi connectivity index (χ1v) is 3.15. The molecule has 0 aliphatic rings. The van der Waals surface area contributed by atoms with Gasteiger partial charge < -0.3 is 53.8 Å². The average Bonchev–Trinajstić information content (AvgIpc) is 1.78. The van der Waals surface area contributed by atoms with Gasteiger partial charge in [0.2, 0.25) is 0 Å². The van der Waals surface area contributed by atoms with Crippen LogP contribution in [0.1, 0.15) is 42.5 Å². The second kappa shape index (κ2) is 355. The molecule has 0 spiro atoms. The van der Waals surface area contributed by atoms with Crippen molar-refractivity contribution in [2.45, 2.75) is 56.2 Å². The van der Waals surface area contributed by atoms with Gasteiger partial charge in [-0.1, -0.05) is 42.5 Å². The van der Waals surface area contributed by atoms with Crippen LogP contribution in [-0.4, -0.2) is 24.1 Å². The van der Waals surface area contributed by atoms with Gasteiger partial charge in [0.05, 0.1) is 0 Å². The minimum Gasteiger partial charge on any atom is -1.00 e. The molecular weight excluding hydrogens is 2490 g/mol. The van der Waals surface area contributed by atoms with E-state index in [-0.39, 0.29) is 912 Å². The third kappa shape index (κ3) is 369. The molecule has 0 N–H and O–H groups in total. The Morgan fingerprint density at radius 3 is 0.220 bits per heavy atom. The number of hydrogen-bond acceptors (Lipinski definition) is 0. The Balaban J connectivity index is -0.000000000119. The Labute approximate surface area is 926 Å². The summed E-state index contributed by atoms with van der Waals surface area (Å²) in [6, 6.07) is 0. The van der Waals surface area contributed by atoms with Gasteiger partial charge in [-0.3, -0.25) is 13.6 Å². The Bertz CT molecular complexity index is 49.7. The van der Waals surface area contributed by atoms with Gasteiger partial charge in [0.1, 0.15) is 0 Å². The number of hydrogen-bond donors (Lipinski definition) is 0. The van der Waals surface area contributed by atoms with E-state index in [4.69, 9.17) is 0 Å². The van der Waals surface area contributed by atoms with Crippen molar-refractivity contribution in [1.29, 1.82) is 0 Å². The molecule has 0 unspecified atom stereocenters. The van der Waals surface area contributed by atoms with Crippen LogP contribution in [0, 0.1) is 29.7 Å². The van der Waals surface area contributed by atoms with Gasteiger partial charge in [-0.2, -0.15) is 0 Å². The van der Waals surface area contributed by atoms with Gasteiger partial charge in [-0.25, -0.2) is 0 Å². The molecule has 29 heteroatoms. The molecule has 0 bridgehead atoms. The van der Waals surface area contributed by atoms with E-state index in [1.807, 2.05) is 48.6 Å². The zero-order chi connectivity index (χ0) is 6.71. The summed E-state index contributed by atoms with van der Waals surface area (Å²) in [5.74, 6) is 0. The summed E-state index contributed by atoms with van der Waals surface area (Å²) in [4.78, 5) is 0. The van der Waals surface area contributed by atoms with Crippen LogP contribution in [0.4, 0.5) is 0 Å². The van der Waals surface area contributed by atoms with Crippen molar-refractivity contribution < 1.29 is 850 Å². The molecule has 0 rings (SSSR count). The van der Waals surface area contributed by atoms with Crippen LogP contribution in [-0.2, 0) is 850 Å². The summed E-state index contributed by atoms with van der Waals surface area (Å²) < 4.78 is 0. The second-order valence-electron chi connectivity index (χ2n) is 0.577. The van der Waals surface area contributed by atoms with E-state index < -0.39 is 0 Å². The monoisotopic (exact) mass is 2530 g/mol. The van der Waals surface area contributed by atoms with Crippen molar-refractivity contribution in [2.75, 3.05) is 0 Å². The maximum absolute atomic E-state index is 2.00. The minimum atomic E-state index is 0. The van der Waals surface area contributed by atoms with Crippen LogP contribution in [0.3, 0.4) is 0 Å². The molecule has 0 nitrogen and oxygen atoms in total. The fourth-order valence-electron chi connectivity index (χ4n) is 0. The smallest absolute Gasteiger partial charge is 0 e. The summed E-state index contributed by atoms with van der Waals surface area (Å²) in [5, 5.41) is 0. The van der Waals surface area contributed by atoms with E-state index in [0.717, 1.165) is 0 Å². The fraction of sp³-hybridized carbons (Fsp3) is 0.667. The van der Waals surface area contributed by atoms with Gasteiger partial charge in [0.15, 0.2) is 0 Å². The van der Waals surface area contributed by atoms with E-state index in [2.05, 4.69) is 0 Å². The SMILES string of the molecule is C.C.CC.CC.C[B-]C.[B-].[B-].[CH3-].[CH3-].[CH3-].[CH3-].[Y].[Y].[Y].[Y].[Y].[Y].[Y].[Y].[Y].[Y].[Y].[Y].[Y].[Y].[Y].[Y].[Y].[Y].[Y].[Y].[Y].[Y].[Y].[Y].[Y].[Y]. The molecule has 0 aliphatic carbocycles. The number of rotatable bonds is 0. The maximum atomic E-state index is 2.00. The molecule has 0 aliphatic heterocycles. The molecular formula is C12H38B3Y26-7. The first kappa shape index (κ1) is 307. The first-order chi connectivity index (χ1) is 3.41. The van der Waals surface area contributed by atoms with Gasteiger partial charge in [-0.05, 0) is 0 Å². The van der Waals surface area contributed by atoms with E-state index in [9.17, 15) is 0 Å². The van der Waals surface area contributed by atoms with Crippen LogP contribution in [0.15, 0.2) is 0 Å². The van der Waals surface area contributed by atoms with Crippen LogP contribution < -0.4 is 0 Å². The molecule has 41 heavy (non-hydrogen) atoms. The second-order valence-corrected chi connectivity index (χ2v) is 0.577. The zero-order valence-electron chi connectivity index (χ0n) is 26.7. The fourth-order valence-corrected chi connectivity index (χ4v) is 0. The topological polar surface area (TPSA) is 0 Å². The molecule has 0 atom stereocenters. The standard InChI is InChI=1S/C2H6B.2C2H6.2CH4.4CH3.2B.26Y/c1-3-2;2*1-2;;;;;;;;;;;;;;;;;;;;;;;;;;;;;;;;;;/h1-2H3;2*1-2H3;2*1H4;4*1H3;;;;;;;;;;;;;;;;;;;;;;;;;;;;/q-1;;;;;6*-1;;;;;;;;;;;;;;;;;;;;;;;;;;. The minimum absolute atomic E-state index is 0. The van der Waals surface area contributed by atoms with Gasteiger partial charge in [0, 0.05) is 850 Å². The summed E-state index contributed by atoms with van der Waals surface area (Å²) in [5.41, 5.74) is 0. The van der Waals surface area contributed by atoms with Crippen LogP contribution in [0.25, 0.3) is 0 Å². The predicted molar refractivity (Wildman–Crippen MR) is 90.8 cm³/mol. The van der Waals surface area contributed by atoms with E-state index >= 15 is 0 Å². The Hall–Kier alpha value is 28.9. The van der Waals surface area contributed by atoms with Crippen molar-refractivity contribution in [1.82, 2.24) is 0 Å². The van der Waals surface area contributed by atoms with Crippen molar-refractivity contribution in [3.05, 3.63) is 29.7 Å². The van der Waals surface area contributed by atoms with Gasteiger partial charge in [0.25, 0.3) is 0 Å². The third-order valence-electron chi connectivity index (χ3n) is 0. The quantitative estimate of drug-likeness (QED) is 0.235. The predicted octanol–water partition coefficient (Wildman–Crippen LogP) is 5.09. The summed E-state index contributed by atoms with van der Waals surface area (Å²) >= 11 is 0. The summed E-state index contributed by atoms with van der Waals surface area (Å²) in [6.45, 7) is 12.0. The molecule has 0 aromatic rings.